The van der Waals surface area contributed by atoms with E-state index in [1.165, 1.54) is 32.3 Å². The number of aromatic nitrogens is 3. The lowest BCUT2D eigenvalue weighted by atomic mass is 9.89. The molecule has 0 spiro atoms. The van der Waals surface area contributed by atoms with Crippen LogP contribution in [-0.4, -0.2) is 15.0 Å². The van der Waals surface area contributed by atoms with Crippen molar-refractivity contribution in [3.63, 3.8) is 0 Å². The number of hydrogen-bond acceptors (Lipinski definition) is 4. The normalized spacial score (nSPS) is 11.3. The van der Waals surface area contributed by atoms with E-state index in [1.54, 1.807) is 0 Å². The van der Waals surface area contributed by atoms with Crippen LogP contribution in [0.3, 0.4) is 0 Å². The van der Waals surface area contributed by atoms with Crippen molar-refractivity contribution in [2.75, 3.05) is 0 Å². The molecule has 0 unspecified atom stereocenters. The molecule has 0 atom stereocenters. The van der Waals surface area contributed by atoms with Gasteiger partial charge in [0.15, 0.2) is 17.5 Å². The zero-order valence-electron chi connectivity index (χ0n) is 35.7. The molecule has 0 bridgehead atoms. The molecule has 0 aliphatic rings. The summed E-state index contributed by atoms with van der Waals surface area (Å²) in [4.78, 5) is 15.4. The van der Waals surface area contributed by atoms with Crippen molar-refractivity contribution in [3.05, 3.63) is 236 Å². The fourth-order valence-electron chi connectivity index (χ4n) is 9.48. The third-order valence-corrected chi connectivity index (χ3v) is 12.8. The zero-order valence-corrected chi connectivity index (χ0v) is 35.7. The summed E-state index contributed by atoms with van der Waals surface area (Å²) >= 11 is 0. The molecule has 0 fully saturated rings. The standard InChI is InChI=1S/C62H38N4/c63-39-59-53(25-11-26-54(59)49-21-9-18-45(36-49)47-32-31-42-30-29-40-13-5-7-24-52(40)58(42)38-47)48-20-8-17-44(35-48)46-19-10-22-50(37-46)61-64-60(43-15-2-1-3-16-43)65-62(66-61)57-28-12-27-55-51-23-6-4-14-41(51)33-34-56(55)57/h1-38H. The van der Waals surface area contributed by atoms with Gasteiger partial charge in [0.25, 0.3) is 0 Å². The quantitative estimate of drug-likeness (QED) is 0.150. The highest BCUT2D eigenvalue weighted by Gasteiger charge is 2.17. The van der Waals surface area contributed by atoms with Crippen LogP contribution in [0.4, 0.5) is 0 Å². The first-order valence-corrected chi connectivity index (χ1v) is 22.1. The van der Waals surface area contributed by atoms with Crippen molar-refractivity contribution in [3.8, 4) is 84.7 Å². The van der Waals surface area contributed by atoms with E-state index in [9.17, 15) is 5.26 Å². The van der Waals surface area contributed by atoms with Crippen LogP contribution in [0.15, 0.2) is 231 Å². The van der Waals surface area contributed by atoms with E-state index in [0.717, 1.165) is 72.0 Å². The Morgan fingerprint density at radius 1 is 0.258 bits per heavy atom. The van der Waals surface area contributed by atoms with Gasteiger partial charge >= 0.3 is 0 Å². The summed E-state index contributed by atoms with van der Waals surface area (Å²) in [5, 5.41) is 20.4. The Hall–Kier alpha value is -9.04. The summed E-state index contributed by atoms with van der Waals surface area (Å²) in [6, 6.07) is 82.9. The number of nitrogens with zero attached hydrogens (tertiary/aromatic N) is 4. The highest BCUT2D eigenvalue weighted by Crippen LogP contribution is 2.38. The van der Waals surface area contributed by atoms with E-state index >= 15 is 0 Å². The van der Waals surface area contributed by atoms with Crippen LogP contribution in [0.5, 0.6) is 0 Å². The van der Waals surface area contributed by atoms with Crippen LogP contribution in [0, 0.1) is 11.3 Å². The van der Waals surface area contributed by atoms with Gasteiger partial charge < -0.3 is 0 Å². The lowest BCUT2D eigenvalue weighted by Crippen LogP contribution is -2.00. The van der Waals surface area contributed by atoms with Crippen molar-refractivity contribution < 1.29 is 0 Å². The Labute approximate surface area is 382 Å². The van der Waals surface area contributed by atoms with Gasteiger partial charge in [0.1, 0.15) is 6.07 Å². The van der Waals surface area contributed by atoms with Gasteiger partial charge in [-0.3, -0.25) is 0 Å². The number of benzene rings is 11. The first-order chi connectivity index (χ1) is 32.6. The van der Waals surface area contributed by atoms with Gasteiger partial charge in [-0.1, -0.05) is 206 Å². The molecule has 306 valence electrons. The van der Waals surface area contributed by atoms with Crippen molar-refractivity contribution in [2.45, 2.75) is 0 Å². The van der Waals surface area contributed by atoms with Gasteiger partial charge in [-0.15, -0.1) is 0 Å². The van der Waals surface area contributed by atoms with Crippen LogP contribution in [0.2, 0.25) is 0 Å². The van der Waals surface area contributed by atoms with Gasteiger partial charge in [0.2, 0.25) is 0 Å². The number of fused-ring (bicyclic) bond motifs is 6. The number of nitriles is 1. The van der Waals surface area contributed by atoms with Crippen LogP contribution < -0.4 is 0 Å². The first-order valence-electron chi connectivity index (χ1n) is 22.1. The van der Waals surface area contributed by atoms with E-state index in [-0.39, 0.29) is 0 Å². The highest BCUT2D eigenvalue weighted by molar-refractivity contribution is 6.12. The summed E-state index contributed by atoms with van der Waals surface area (Å²) in [7, 11) is 0. The predicted octanol–water partition coefficient (Wildman–Crippen LogP) is 16.0. The summed E-state index contributed by atoms with van der Waals surface area (Å²) in [5.41, 5.74) is 11.4. The fourth-order valence-corrected chi connectivity index (χ4v) is 9.48. The van der Waals surface area contributed by atoms with Gasteiger partial charge in [-0.2, -0.15) is 5.26 Å². The Kier molecular flexibility index (Phi) is 9.51. The summed E-state index contributed by atoms with van der Waals surface area (Å²) in [5.74, 6) is 1.82. The lowest BCUT2D eigenvalue weighted by molar-refractivity contribution is 1.08. The molecule has 0 N–H and O–H groups in total. The second-order valence-electron chi connectivity index (χ2n) is 16.7. The maximum absolute atomic E-state index is 10.8. The molecule has 0 saturated heterocycles. The monoisotopic (exact) mass is 838 g/mol. The Morgan fingerprint density at radius 2 is 0.682 bits per heavy atom. The van der Waals surface area contributed by atoms with Crippen molar-refractivity contribution in [1.29, 1.82) is 5.26 Å². The Bertz CT molecular complexity index is 3900. The summed E-state index contributed by atoms with van der Waals surface area (Å²) < 4.78 is 0. The zero-order chi connectivity index (χ0) is 44.0. The molecule has 0 saturated carbocycles. The molecule has 4 heteroatoms. The molecule has 1 heterocycles. The lowest BCUT2D eigenvalue weighted by Gasteiger charge is -2.14. The molecule has 66 heavy (non-hydrogen) atoms. The molecule has 0 radical (unpaired) electrons. The minimum atomic E-state index is 0.591. The minimum absolute atomic E-state index is 0.591. The van der Waals surface area contributed by atoms with Crippen molar-refractivity contribution >= 4 is 43.1 Å². The highest BCUT2D eigenvalue weighted by atomic mass is 15.0. The summed E-state index contributed by atoms with van der Waals surface area (Å²) in [6.45, 7) is 0. The van der Waals surface area contributed by atoms with Crippen molar-refractivity contribution in [1.82, 2.24) is 15.0 Å². The minimum Gasteiger partial charge on any atom is -0.208 e. The SMILES string of the molecule is N#Cc1c(-c2cccc(-c3cccc(-c4nc(-c5ccccc5)nc(-c5cccc6c5ccc5ccccc56)n4)c3)c2)cccc1-c1cccc(-c2ccc3ccc4ccccc4c3c2)c1. The third kappa shape index (κ3) is 6.93. The van der Waals surface area contributed by atoms with E-state index in [4.69, 9.17) is 15.0 Å². The average molecular weight is 839 g/mol. The second-order valence-corrected chi connectivity index (χ2v) is 16.7. The van der Waals surface area contributed by atoms with Gasteiger partial charge in [-0.05, 0) is 101 Å². The molecular weight excluding hydrogens is 801 g/mol. The van der Waals surface area contributed by atoms with E-state index in [2.05, 4.69) is 200 Å². The fraction of sp³-hybridized carbons (Fsp3) is 0. The smallest absolute Gasteiger partial charge is 0.164 e. The second kappa shape index (κ2) is 16.3. The molecule has 0 aliphatic carbocycles. The van der Waals surface area contributed by atoms with Crippen LogP contribution in [-0.2, 0) is 0 Å². The maximum atomic E-state index is 10.8. The average Bonchev–Trinajstić information content (AvgIpc) is 3.40. The first kappa shape index (κ1) is 38.6. The largest absolute Gasteiger partial charge is 0.208 e. The number of rotatable bonds is 7. The van der Waals surface area contributed by atoms with Crippen LogP contribution in [0.25, 0.3) is 122 Å². The van der Waals surface area contributed by atoms with Crippen molar-refractivity contribution in [2.24, 2.45) is 0 Å². The van der Waals surface area contributed by atoms with E-state index in [0.29, 0.717) is 23.0 Å². The molecule has 0 aliphatic heterocycles. The molecule has 12 rings (SSSR count). The van der Waals surface area contributed by atoms with Gasteiger partial charge in [-0.25, -0.2) is 15.0 Å². The van der Waals surface area contributed by atoms with Crippen LogP contribution >= 0.6 is 0 Å². The molecule has 12 aromatic rings. The van der Waals surface area contributed by atoms with Crippen LogP contribution in [0.1, 0.15) is 5.56 Å². The summed E-state index contributed by atoms with van der Waals surface area (Å²) in [6.07, 6.45) is 0. The molecule has 4 nitrogen and oxygen atoms in total. The Balaban J connectivity index is 0.914. The Morgan fingerprint density at radius 3 is 1.35 bits per heavy atom. The molecular formula is C62H38N4. The number of hydrogen-bond donors (Lipinski definition) is 0. The third-order valence-electron chi connectivity index (χ3n) is 12.8. The molecule has 11 aromatic carbocycles. The van der Waals surface area contributed by atoms with E-state index < -0.39 is 0 Å². The van der Waals surface area contributed by atoms with Gasteiger partial charge in [0.05, 0.1) is 5.56 Å². The maximum Gasteiger partial charge on any atom is 0.164 e. The topological polar surface area (TPSA) is 62.5 Å². The van der Waals surface area contributed by atoms with E-state index in [1.807, 2.05) is 36.4 Å². The predicted molar refractivity (Wildman–Crippen MR) is 273 cm³/mol. The van der Waals surface area contributed by atoms with Gasteiger partial charge in [0, 0.05) is 27.8 Å². The molecule has 1 aromatic heterocycles. The molecule has 0 amide bonds.